The Morgan fingerprint density at radius 1 is 1.08 bits per heavy atom. The van der Waals surface area contributed by atoms with E-state index >= 15 is 0 Å². The van der Waals surface area contributed by atoms with Crippen molar-refractivity contribution in [3.63, 3.8) is 0 Å². The lowest BCUT2D eigenvalue weighted by Crippen LogP contribution is -2.49. The Kier molecular flexibility index (Phi) is 13.3. The molecule has 0 rings (SSSR count). The average molecular weight is 492 g/mol. The van der Waals surface area contributed by atoms with Gasteiger partial charge in [0.2, 0.25) is 10.0 Å². The quantitative estimate of drug-likeness (QED) is 0.200. The van der Waals surface area contributed by atoms with Gasteiger partial charge in [0.05, 0.1) is 18.4 Å². The Morgan fingerprint density at radius 2 is 1.60 bits per heavy atom. The normalized spacial score (nSPS) is 13.3. The molecule has 0 unspecified atom stereocenters. The highest BCUT2D eigenvalue weighted by Gasteiger charge is 2.25. The maximum absolute atomic E-state index is 11.4. The van der Waals surface area contributed by atoms with Gasteiger partial charge in [-0.25, -0.2) is 13.1 Å². The Balaban J connectivity index is 0. The molecule has 25 heavy (non-hydrogen) atoms. The first-order valence-electron chi connectivity index (χ1n) is 8.70. The third-order valence-corrected chi connectivity index (χ3v) is 4.38. The van der Waals surface area contributed by atoms with Gasteiger partial charge >= 0.3 is 0 Å². The van der Waals surface area contributed by atoms with Crippen molar-refractivity contribution >= 4 is 40.0 Å². The number of hydrogen-bond acceptors (Lipinski definition) is 4. The van der Waals surface area contributed by atoms with Gasteiger partial charge in [0.15, 0.2) is 5.96 Å². The van der Waals surface area contributed by atoms with Gasteiger partial charge in [-0.1, -0.05) is 26.7 Å². The summed E-state index contributed by atoms with van der Waals surface area (Å²) in [6, 6.07) is 0. The molecule has 0 aromatic rings. The summed E-state index contributed by atoms with van der Waals surface area (Å²) in [6.45, 7) is 11.0. The molecule has 4 N–H and O–H groups in total. The molecule has 0 aliphatic carbocycles. The first-order valence-corrected chi connectivity index (χ1v) is 10.6. The number of sulfonamides is 1. The molecule has 0 bridgehead atoms. The van der Waals surface area contributed by atoms with Crippen molar-refractivity contribution in [2.45, 2.75) is 71.4 Å². The average Bonchev–Trinajstić information content (AvgIpc) is 2.40. The van der Waals surface area contributed by atoms with Crippen molar-refractivity contribution in [3.8, 4) is 0 Å². The zero-order chi connectivity index (χ0) is 18.9. The third-order valence-electron chi connectivity index (χ3n) is 3.45. The SMILES string of the molecule is CCCC(O)(CCC)CNC(=NCC(C)(C)NS(C)(=O)=O)NCC.I. The first-order chi connectivity index (χ1) is 11.0. The van der Waals surface area contributed by atoms with Crippen LogP contribution in [0.2, 0.25) is 0 Å². The Labute approximate surface area is 170 Å². The van der Waals surface area contributed by atoms with E-state index in [1.165, 1.54) is 0 Å². The highest BCUT2D eigenvalue weighted by atomic mass is 127. The van der Waals surface area contributed by atoms with Gasteiger partial charge in [-0.3, -0.25) is 4.99 Å². The third kappa shape index (κ3) is 13.7. The van der Waals surface area contributed by atoms with Crippen LogP contribution in [0.3, 0.4) is 0 Å². The van der Waals surface area contributed by atoms with Crippen molar-refractivity contribution in [2.75, 3.05) is 25.9 Å². The molecule has 0 saturated heterocycles. The molecule has 9 heteroatoms. The summed E-state index contributed by atoms with van der Waals surface area (Å²) in [7, 11) is -3.29. The lowest BCUT2D eigenvalue weighted by Gasteiger charge is -2.29. The minimum absolute atomic E-state index is 0. The van der Waals surface area contributed by atoms with Gasteiger partial charge in [0, 0.05) is 18.6 Å². The highest BCUT2D eigenvalue weighted by molar-refractivity contribution is 14.0. The second-order valence-corrected chi connectivity index (χ2v) is 8.78. The molecular formula is C16H37IN4O3S. The minimum atomic E-state index is -3.29. The van der Waals surface area contributed by atoms with E-state index in [1.54, 1.807) is 13.8 Å². The van der Waals surface area contributed by atoms with E-state index in [0.717, 1.165) is 31.9 Å². The van der Waals surface area contributed by atoms with Crippen LogP contribution < -0.4 is 15.4 Å². The molecule has 7 nitrogen and oxygen atoms in total. The lowest BCUT2D eigenvalue weighted by molar-refractivity contribution is 0.0257. The molecule has 0 aliphatic rings. The van der Waals surface area contributed by atoms with Crippen molar-refractivity contribution in [1.82, 2.24) is 15.4 Å². The molecule has 0 radical (unpaired) electrons. The number of aliphatic imine (C=N–C) groups is 1. The maximum atomic E-state index is 11.4. The molecule has 0 aromatic heterocycles. The molecule has 0 saturated carbocycles. The van der Waals surface area contributed by atoms with Crippen LogP contribution in [0.4, 0.5) is 0 Å². The van der Waals surface area contributed by atoms with E-state index in [2.05, 4.69) is 34.2 Å². The maximum Gasteiger partial charge on any atom is 0.209 e. The Hall–Kier alpha value is -0.130. The summed E-state index contributed by atoms with van der Waals surface area (Å²) in [5, 5.41) is 17.0. The van der Waals surface area contributed by atoms with Crippen LogP contribution in [0.1, 0.15) is 60.3 Å². The van der Waals surface area contributed by atoms with Gasteiger partial charge < -0.3 is 15.7 Å². The number of nitrogens with one attached hydrogen (secondary N) is 3. The number of nitrogens with zero attached hydrogens (tertiary/aromatic N) is 1. The number of aliphatic hydroxyl groups is 1. The smallest absolute Gasteiger partial charge is 0.209 e. The summed E-state index contributed by atoms with van der Waals surface area (Å²) in [5.74, 6) is 0.575. The van der Waals surface area contributed by atoms with Crippen LogP contribution in [0.5, 0.6) is 0 Å². The number of halogens is 1. The van der Waals surface area contributed by atoms with Crippen LogP contribution in [0.15, 0.2) is 4.99 Å². The molecular weight excluding hydrogens is 455 g/mol. The Morgan fingerprint density at radius 3 is 2.00 bits per heavy atom. The van der Waals surface area contributed by atoms with Crippen molar-refractivity contribution in [3.05, 3.63) is 0 Å². The molecule has 0 spiro atoms. The van der Waals surface area contributed by atoms with E-state index in [-0.39, 0.29) is 30.5 Å². The minimum Gasteiger partial charge on any atom is -0.388 e. The van der Waals surface area contributed by atoms with E-state index < -0.39 is 21.2 Å². The van der Waals surface area contributed by atoms with E-state index in [9.17, 15) is 13.5 Å². The van der Waals surface area contributed by atoms with Gasteiger partial charge in [-0.15, -0.1) is 24.0 Å². The number of guanidine groups is 1. The van der Waals surface area contributed by atoms with Crippen LogP contribution in [0, 0.1) is 0 Å². The van der Waals surface area contributed by atoms with Crippen LogP contribution in [-0.2, 0) is 10.0 Å². The fourth-order valence-electron chi connectivity index (χ4n) is 2.63. The fourth-order valence-corrected chi connectivity index (χ4v) is 3.70. The summed E-state index contributed by atoms with van der Waals surface area (Å²) < 4.78 is 25.4. The van der Waals surface area contributed by atoms with Crippen LogP contribution >= 0.6 is 24.0 Å². The number of rotatable bonds is 11. The van der Waals surface area contributed by atoms with Gasteiger partial charge in [0.1, 0.15) is 0 Å². The van der Waals surface area contributed by atoms with E-state index in [4.69, 9.17) is 0 Å². The zero-order valence-electron chi connectivity index (χ0n) is 16.5. The van der Waals surface area contributed by atoms with Crippen molar-refractivity contribution in [2.24, 2.45) is 4.99 Å². The van der Waals surface area contributed by atoms with Crippen LogP contribution in [0.25, 0.3) is 0 Å². The molecule has 152 valence electrons. The van der Waals surface area contributed by atoms with E-state index in [1.807, 2.05) is 6.92 Å². The number of hydrogen-bond donors (Lipinski definition) is 4. The van der Waals surface area contributed by atoms with Crippen molar-refractivity contribution in [1.29, 1.82) is 0 Å². The largest absolute Gasteiger partial charge is 0.388 e. The zero-order valence-corrected chi connectivity index (χ0v) is 19.6. The predicted octanol–water partition coefficient (Wildman–Crippen LogP) is 1.82. The topological polar surface area (TPSA) is 103 Å². The summed E-state index contributed by atoms with van der Waals surface area (Å²) >= 11 is 0. The summed E-state index contributed by atoms with van der Waals surface area (Å²) in [6.07, 6.45) is 4.43. The molecule has 0 aromatic carbocycles. The predicted molar refractivity (Wildman–Crippen MR) is 116 cm³/mol. The van der Waals surface area contributed by atoms with Gasteiger partial charge in [-0.05, 0) is 33.6 Å². The Bertz CT molecular complexity index is 490. The molecule has 0 atom stereocenters. The second-order valence-electron chi connectivity index (χ2n) is 7.03. The second kappa shape index (κ2) is 12.3. The lowest BCUT2D eigenvalue weighted by atomic mass is 9.93. The van der Waals surface area contributed by atoms with Crippen molar-refractivity contribution < 1.29 is 13.5 Å². The van der Waals surface area contributed by atoms with Gasteiger partial charge in [-0.2, -0.15) is 0 Å². The molecule has 0 aliphatic heterocycles. The highest BCUT2D eigenvalue weighted by Crippen LogP contribution is 2.18. The summed E-state index contributed by atoms with van der Waals surface area (Å²) in [4.78, 5) is 4.45. The standard InChI is InChI=1S/C16H36N4O3S.HI/c1-7-10-16(21,11-8-2)13-19-14(17-9-3)18-12-15(4,5)20-24(6,22)23;/h20-21H,7-13H2,1-6H3,(H2,17,18,19);1H. The monoisotopic (exact) mass is 492 g/mol. The molecule has 0 heterocycles. The van der Waals surface area contributed by atoms with E-state index in [0.29, 0.717) is 19.0 Å². The van der Waals surface area contributed by atoms with Gasteiger partial charge in [0.25, 0.3) is 0 Å². The summed E-state index contributed by atoms with van der Waals surface area (Å²) in [5.41, 5.74) is -1.43. The van der Waals surface area contributed by atoms with Crippen LogP contribution in [-0.4, -0.2) is 56.5 Å². The fraction of sp³-hybridized carbons (Fsp3) is 0.938. The molecule has 0 amide bonds. The molecule has 0 fully saturated rings. The first kappa shape index (κ1) is 27.1.